The molecular weight excluding hydrogens is 469 g/mol. The van der Waals surface area contributed by atoms with Crippen LogP contribution >= 0.6 is 0 Å². The van der Waals surface area contributed by atoms with Gasteiger partial charge in [-0.25, -0.2) is 22.0 Å². The van der Waals surface area contributed by atoms with Crippen molar-refractivity contribution >= 4 is 11.7 Å². The highest BCUT2D eigenvalue weighted by atomic mass is 19.2. The molecule has 0 unspecified atom stereocenters. The highest BCUT2D eigenvalue weighted by Crippen LogP contribution is 2.23. The van der Waals surface area contributed by atoms with Gasteiger partial charge in [0.15, 0.2) is 23.3 Å². The fourth-order valence-corrected chi connectivity index (χ4v) is 3.18. The summed E-state index contributed by atoms with van der Waals surface area (Å²) in [6.45, 7) is 1.15. The maximum absolute atomic E-state index is 13.8. The molecule has 0 aliphatic heterocycles. The normalized spacial score (nSPS) is 12.1. The minimum absolute atomic E-state index is 0.180. The van der Waals surface area contributed by atoms with Crippen molar-refractivity contribution < 1.29 is 36.3 Å². The molecular formula is C26H34F5NO3. The van der Waals surface area contributed by atoms with Gasteiger partial charge < -0.3 is 9.57 Å². The van der Waals surface area contributed by atoms with Gasteiger partial charge in [0.2, 0.25) is 5.82 Å². The third kappa shape index (κ3) is 11.5. The van der Waals surface area contributed by atoms with Crippen LogP contribution < -0.4 is 0 Å². The predicted octanol–water partition coefficient (Wildman–Crippen LogP) is 7.85. The molecule has 1 aromatic carbocycles. The lowest BCUT2D eigenvalue weighted by Gasteiger charge is -2.08. The van der Waals surface area contributed by atoms with Crippen molar-refractivity contribution in [2.24, 2.45) is 5.16 Å². The Morgan fingerprint density at radius 2 is 1.40 bits per heavy atom. The zero-order valence-electron chi connectivity index (χ0n) is 20.4. The highest BCUT2D eigenvalue weighted by molar-refractivity contribution is 5.94. The highest BCUT2D eigenvalue weighted by Gasteiger charge is 2.25. The third-order valence-electron chi connectivity index (χ3n) is 5.24. The monoisotopic (exact) mass is 503 g/mol. The van der Waals surface area contributed by atoms with Crippen molar-refractivity contribution in [3.05, 3.63) is 59.0 Å². The Morgan fingerprint density at radius 3 is 2.06 bits per heavy atom. The number of allylic oxidation sites excluding steroid dienone is 4. The van der Waals surface area contributed by atoms with Gasteiger partial charge in [0.25, 0.3) is 0 Å². The van der Waals surface area contributed by atoms with Crippen LogP contribution in [0.2, 0.25) is 0 Å². The number of carbonyl (C=O) groups excluding carboxylic acids is 1. The average Bonchev–Trinajstić information content (AvgIpc) is 2.86. The van der Waals surface area contributed by atoms with E-state index in [0.29, 0.717) is 18.6 Å². The van der Waals surface area contributed by atoms with Gasteiger partial charge in [-0.3, -0.25) is 4.79 Å². The molecule has 196 valence electrons. The van der Waals surface area contributed by atoms with E-state index in [1.54, 1.807) is 12.2 Å². The number of methoxy groups -OCH3 is 1. The quantitative estimate of drug-likeness (QED) is 0.0318. The molecule has 0 N–H and O–H groups in total. The number of esters is 1. The number of oxime groups is 1. The number of unbranched alkanes of at least 4 members (excludes halogenated alkanes) is 7. The Morgan fingerprint density at radius 1 is 0.800 bits per heavy atom. The molecule has 4 nitrogen and oxygen atoms in total. The summed E-state index contributed by atoms with van der Waals surface area (Å²) in [5, 5.41) is 3.84. The first kappa shape index (κ1) is 30.3. The van der Waals surface area contributed by atoms with Gasteiger partial charge in [0.05, 0.1) is 18.4 Å². The van der Waals surface area contributed by atoms with E-state index < -0.39 is 41.3 Å². The number of halogens is 5. The number of ether oxygens (including phenoxy) is 1. The van der Waals surface area contributed by atoms with E-state index in [-0.39, 0.29) is 5.97 Å². The van der Waals surface area contributed by atoms with Gasteiger partial charge in [-0.05, 0) is 38.2 Å². The van der Waals surface area contributed by atoms with Crippen LogP contribution in [0.4, 0.5) is 22.0 Å². The smallest absolute Gasteiger partial charge is 0.305 e. The van der Waals surface area contributed by atoms with Crippen molar-refractivity contribution in [2.75, 3.05) is 7.11 Å². The molecule has 0 saturated heterocycles. The SMILES string of the molecule is CCCCCC(/C=C/C=C/CCCCCCCC(=O)OC)=N/OCc1c(F)c(F)c(F)c(F)c1F. The Hall–Kier alpha value is -2.71. The standard InChI is InChI=1S/C26H34F5NO3/c1-3-4-12-15-19(16-13-10-8-6-5-7-9-11-14-17-21(33)34-2)32-35-18-20-22(27)24(29)26(31)25(30)23(20)28/h8,10,13,16H,3-7,9,11-12,14-15,17-18H2,1-2H3/b10-8+,16-13+,32-19-. The Balaban J connectivity index is 2.54. The topological polar surface area (TPSA) is 47.9 Å². The molecule has 35 heavy (non-hydrogen) atoms. The van der Waals surface area contributed by atoms with E-state index in [9.17, 15) is 26.7 Å². The summed E-state index contributed by atoms with van der Waals surface area (Å²) in [6, 6.07) is 0. The molecule has 0 aliphatic carbocycles. The van der Waals surface area contributed by atoms with Crippen molar-refractivity contribution in [3.8, 4) is 0 Å². The molecule has 0 aromatic heterocycles. The number of hydrogen-bond donors (Lipinski definition) is 0. The lowest BCUT2D eigenvalue weighted by molar-refractivity contribution is -0.140. The van der Waals surface area contributed by atoms with Crippen LogP contribution in [-0.2, 0) is 21.0 Å². The average molecular weight is 504 g/mol. The molecule has 0 radical (unpaired) electrons. The molecule has 0 heterocycles. The molecule has 0 aliphatic rings. The maximum Gasteiger partial charge on any atom is 0.305 e. The summed E-state index contributed by atoms with van der Waals surface area (Å²) < 4.78 is 71.9. The summed E-state index contributed by atoms with van der Waals surface area (Å²) in [5.41, 5.74) is -0.565. The summed E-state index contributed by atoms with van der Waals surface area (Å²) in [4.78, 5) is 16.0. The molecule has 9 heteroatoms. The maximum atomic E-state index is 13.8. The van der Waals surface area contributed by atoms with Gasteiger partial charge in [0, 0.05) is 6.42 Å². The Kier molecular flexibility index (Phi) is 15.3. The third-order valence-corrected chi connectivity index (χ3v) is 5.24. The predicted molar refractivity (Wildman–Crippen MR) is 125 cm³/mol. The summed E-state index contributed by atoms with van der Waals surface area (Å²) in [6.07, 6.45) is 16.9. The van der Waals surface area contributed by atoms with Crippen LogP contribution in [0, 0.1) is 29.1 Å². The molecule has 0 amide bonds. The van der Waals surface area contributed by atoms with Crippen LogP contribution in [0.5, 0.6) is 0 Å². The minimum atomic E-state index is -2.21. The van der Waals surface area contributed by atoms with Crippen LogP contribution in [0.1, 0.15) is 83.1 Å². The van der Waals surface area contributed by atoms with Gasteiger partial charge in [-0.1, -0.05) is 62.4 Å². The molecule has 0 atom stereocenters. The second-order valence-electron chi connectivity index (χ2n) is 8.03. The van der Waals surface area contributed by atoms with Crippen LogP contribution in [-0.4, -0.2) is 18.8 Å². The number of rotatable bonds is 17. The van der Waals surface area contributed by atoms with Crippen molar-refractivity contribution in [3.63, 3.8) is 0 Å². The lowest BCUT2D eigenvalue weighted by atomic mass is 10.1. The summed E-state index contributed by atoms with van der Waals surface area (Å²) in [7, 11) is 1.39. The second-order valence-corrected chi connectivity index (χ2v) is 8.03. The second kappa shape index (κ2) is 17.7. The first-order valence-electron chi connectivity index (χ1n) is 11.9. The van der Waals surface area contributed by atoms with Crippen molar-refractivity contribution in [1.29, 1.82) is 0 Å². The molecule has 1 rings (SSSR count). The first-order chi connectivity index (χ1) is 16.8. The van der Waals surface area contributed by atoms with E-state index in [1.165, 1.54) is 7.11 Å². The molecule has 0 bridgehead atoms. The Bertz CT molecular complexity index is 855. The van der Waals surface area contributed by atoms with Crippen LogP contribution in [0.3, 0.4) is 0 Å². The summed E-state index contributed by atoms with van der Waals surface area (Å²) in [5.74, 6) is -10.3. The zero-order valence-corrected chi connectivity index (χ0v) is 20.4. The van der Waals surface area contributed by atoms with Gasteiger partial charge in [-0.15, -0.1) is 0 Å². The van der Waals surface area contributed by atoms with Gasteiger partial charge in [0.1, 0.15) is 6.61 Å². The van der Waals surface area contributed by atoms with Crippen molar-refractivity contribution in [2.45, 2.75) is 84.2 Å². The molecule has 0 saturated carbocycles. The number of benzene rings is 1. The molecule has 0 spiro atoms. The van der Waals surface area contributed by atoms with Gasteiger partial charge >= 0.3 is 5.97 Å². The number of hydrogen-bond acceptors (Lipinski definition) is 4. The number of carbonyl (C=O) groups is 1. The van der Waals surface area contributed by atoms with E-state index in [2.05, 4.69) is 9.89 Å². The first-order valence-corrected chi connectivity index (χ1v) is 11.9. The van der Waals surface area contributed by atoms with E-state index in [1.807, 2.05) is 19.1 Å². The zero-order chi connectivity index (χ0) is 26.1. The van der Waals surface area contributed by atoms with E-state index >= 15 is 0 Å². The van der Waals surface area contributed by atoms with Crippen LogP contribution in [0.25, 0.3) is 0 Å². The number of nitrogens with zero attached hydrogens (tertiary/aromatic N) is 1. The Labute approximate surface area is 203 Å². The molecule has 1 aromatic rings. The van der Waals surface area contributed by atoms with Crippen LogP contribution in [0.15, 0.2) is 29.5 Å². The fourth-order valence-electron chi connectivity index (χ4n) is 3.18. The van der Waals surface area contributed by atoms with Gasteiger partial charge in [-0.2, -0.15) is 0 Å². The molecule has 0 fully saturated rings. The van der Waals surface area contributed by atoms with Crippen molar-refractivity contribution in [1.82, 2.24) is 0 Å². The largest absolute Gasteiger partial charge is 0.469 e. The lowest BCUT2D eigenvalue weighted by Crippen LogP contribution is -2.08. The summed E-state index contributed by atoms with van der Waals surface area (Å²) >= 11 is 0. The van der Waals surface area contributed by atoms with E-state index in [0.717, 1.165) is 57.8 Å². The van der Waals surface area contributed by atoms with E-state index in [4.69, 9.17) is 4.84 Å². The minimum Gasteiger partial charge on any atom is -0.469 e. The fraction of sp³-hybridized carbons (Fsp3) is 0.538.